The topological polar surface area (TPSA) is 52.3 Å². The lowest BCUT2D eigenvalue weighted by Crippen LogP contribution is -2.27. The molecule has 122 valence electrons. The molecule has 0 aliphatic rings. The monoisotopic (exact) mass is 351 g/mol. The van der Waals surface area contributed by atoms with E-state index in [-0.39, 0.29) is 18.4 Å². The molecule has 1 unspecified atom stereocenters. The van der Waals surface area contributed by atoms with Crippen molar-refractivity contribution in [2.75, 3.05) is 6.61 Å². The number of carbonyl (C=O) groups excluding carboxylic acids is 1. The SMILES string of the molecule is CCOC(=O)CC(N)Cc1ccc(-c2cc(Cl)ccc2Cl)cc1. The Hall–Kier alpha value is -1.55. The predicted molar refractivity (Wildman–Crippen MR) is 94.8 cm³/mol. The second-order valence-electron chi connectivity index (χ2n) is 5.29. The molecule has 0 aromatic heterocycles. The summed E-state index contributed by atoms with van der Waals surface area (Å²) >= 11 is 12.2. The molecule has 2 rings (SSSR count). The zero-order chi connectivity index (χ0) is 16.8. The number of carbonyl (C=O) groups is 1. The highest BCUT2D eigenvalue weighted by Gasteiger charge is 2.11. The minimum absolute atomic E-state index is 0.218. The quantitative estimate of drug-likeness (QED) is 0.780. The van der Waals surface area contributed by atoms with E-state index in [0.717, 1.165) is 16.7 Å². The normalized spacial score (nSPS) is 12.0. The van der Waals surface area contributed by atoms with Crippen LogP contribution in [0.5, 0.6) is 0 Å². The van der Waals surface area contributed by atoms with E-state index in [0.29, 0.717) is 23.1 Å². The Morgan fingerprint density at radius 2 is 1.87 bits per heavy atom. The van der Waals surface area contributed by atoms with E-state index in [9.17, 15) is 4.79 Å². The smallest absolute Gasteiger partial charge is 0.307 e. The standard InChI is InChI=1S/C18H19Cl2NO2/c1-2-23-18(22)11-15(21)9-12-3-5-13(6-4-12)16-10-14(19)7-8-17(16)20/h3-8,10,15H,2,9,11,21H2,1H3. The Morgan fingerprint density at radius 1 is 1.17 bits per heavy atom. The highest BCUT2D eigenvalue weighted by molar-refractivity contribution is 6.35. The first-order valence-corrected chi connectivity index (χ1v) is 8.20. The Morgan fingerprint density at radius 3 is 2.52 bits per heavy atom. The number of hydrogen-bond donors (Lipinski definition) is 1. The van der Waals surface area contributed by atoms with Gasteiger partial charge in [0.1, 0.15) is 0 Å². The van der Waals surface area contributed by atoms with E-state index >= 15 is 0 Å². The van der Waals surface area contributed by atoms with Crippen molar-refractivity contribution in [1.82, 2.24) is 0 Å². The van der Waals surface area contributed by atoms with Crippen LogP contribution in [-0.2, 0) is 16.0 Å². The van der Waals surface area contributed by atoms with Crippen LogP contribution in [0.1, 0.15) is 18.9 Å². The third-order valence-electron chi connectivity index (χ3n) is 3.43. The maximum Gasteiger partial charge on any atom is 0.307 e. The van der Waals surface area contributed by atoms with Crippen molar-refractivity contribution in [1.29, 1.82) is 0 Å². The second kappa shape index (κ2) is 8.34. The van der Waals surface area contributed by atoms with Crippen molar-refractivity contribution in [3.63, 3.8) is 0 Å². The summed E-state index contributed by atoms with van der Waals surface area (Å²) in [6, 6.07) is 13.0. The van der Waals surface area contributed by atoms with Crippen molar-refractivity contribution >= 4 is 29.2 Å². The van der Waals surface area contributed by atoms with Gasteiger partial charge in [-0.05, 0) is 42.7 Å². The molecule has 0 aliphatic heterocycles. The van der Waals surface area contributed by atoms with Gasteiger partial charge in [-0.1, -0.05) is 47.5 Å². The third kappa shape index (κ3) is 5.24. The van der Waals surface area contributed by atoms with Gasteiger partial charge >= 0.3 is 5.97 Å². The Balaban J connectivity index is 2.05. The van der Waals surface area contributed by atoms with Crippen LogP contribution in [-0.4, -0.2) is 18.6 Å². The molecule has 0 aliphatic carbocycles. The molecular weight excluding hydrogens is 333 g/mol. The largest absolute Gasteiger partial charge is 0.466 e. The number of benzene rings is 2. The van der Waals surface area contributed by atoms with Crippen LogP contribution in [0.25, 0.3) is 11.1 Å². The Bertz CT molecular complexity index is 671. The van der Waals surface area contributed by atoms with Gasteiger partial charge in [-0.25, -0.2) is 0 Å². The molecule has 2 aromatic carbocycles. The number of rotatable bonds is 6. The molecule has 0 spiro atoms. The van der Waals surface area contributed by atoms with E-state index in [4.69, 9.17) is 33.7 Å². The Labute approximate surface area is 146 Å². The van der Waals surface area contributed by atoms with Gasteiger partial charge in [0, 0.05) is 21.7 Å². The summed E-state index contributed by atoms with van der Waals surface area (Å²) in [5.41, 5.74) is 8.93. The van der Waals surface area contributed by atoms with Crippen LogP contribution in [0.4, 0.5) is 0 Å². The lowest BCUT2D eigenvalue weighted by atomic mass is 10.00. The molecule has 1 atom stereocenters. The molecule has 2 N–H and O–H groups in total. The minimum atomic E-state index is -0.262. The first-order valence-electron chi connectivity index (χ1n) is 7.45. The molecule has 23 heavy (non-hydrogen) atoms. The molecular formula is C18H19Cl2NO2. The lowest BCUT2D eigenvalue weighted by Gasteiger charge is -2.12. The number of halogens is 2. The van der Waals surface area contributed by atoms with Crippen LogP contribution >= 0.6 is 23.2 Å². The van der Waals surface area contributed by atoms with Gasteiger partial charge in [0.05, 0.1) is 13.0 Å². The second-order valence-corrected chi connectivity index (χ2v) is 6.14. The molecule has 0 heterocycles. The van der Waals surface area contributed by atoms with Gasteiger partial charge in [0.25, 0.3) is 0 Å². The zero-order valence-corrected chi connectivity index (χ0v) is 14.4. The molecule has 0 fully saturated rings. The van der Waals surface area contributed by atoms with Crippen LogP contribution in [0.15, 0.2) is 42.5 Å². The number of ether oxygens (including phenoxy) is 1. The summed E-state index contributed by atoms with van der Waals surface area (Å²) in [4.78, 5) is 11.4. The highest BCUT2D eigenvalue weighted by Crippen LogP contribution is 2.30. The maximum atomic E-state index is 11.4. The van der Waals surface area contributed by atoms with Crippen molar-refractivity contribution in [2.45, 2.75) is 25.8 Å². The average Bonchev–Trinajstić information content (AvgIpc) is 2.50. The van der Waals surface area contributed by atoms with Crippen molar-refractivity contribution in [3.8, 4) is 11.1 Å². The summed E-state index contributed by atoms with van der Waals surface area (Å²) in [6.07, 6.45) is 0.831. The zero-order valence-electron chi connectivity index (χ0n) is 12.9. The summed E-state index contributed by atoms with van der Waals surface area (Å²) in [5, 5.41) is 1.30. The third-order valence-corrected chi connectivity index (χ3v) is 3.99. The first-order chi connectivity index (χ1) is 11.0. The molecule has 0 bridgehead atoms. The fraction of sp³-hybridized carbons (Fsp3) is 0.278. The van der Waals surface area contributed by atoms with Gasteiger partial charge < -0.3 is 10.5 Å². The van der Waals surface area contributed by atoms with Crippen molar-refractivity contribution in [2.24, 2.45) is 5.73 Å². The van der Waals surface area contributed by atoms with Crippen LogP contribution in [0.3, 0.4) is 0 Å². The summed E-state index contributed by atoms with van der Waals surface area (Å²) in [6.45, 7) is 2.16. The Kier molecular flexibility index (Phi) is 6.46. The van der Waals surface area contributed by atoms with Gasteiger partial charge in [0.15, 0.2) is 0 Å². The molecule has 0 amide bonds. The van der Waals surface area contributed by atoms with Crippen molar-refractivity contribution < 1.29 is 9.53 Å². The fourth-order valence-corrected chi connectivity index (χ4v) is 2.75. The summed E-state index contributed by atoms with van der Waals surface area (Å²) in [5.74, 6) is -0.262. The number of hydrogen-bond acceptors (Lipinski definition) is 3. The van der Waals surface area contributed by atoms with E-state index < -0.39 is 0 Å². The maximum absolute atomic E-state index is 11.4. The lowest BCUT2D eigenvalue weighted by molar-refractivity contribution is -0.143. The average molecular weight is 352 g/mol. The van der Waals surface area contributed by atoms with Crippen LogP contribution in [0.2, 0.25) is 10.0 Å². The first kappa shape index (κ1) is 17.8. The predicted octanol–water partition coefficient (Wildman–Crippen LogP) is 4.48. The number of nitrogens with two attached hydrogens (primary N) is 1. The van der Waals surface area contributed by atoms with E-state index in [1.807, 2.05) is 30.3 Å². The minimum Gasteiger partial charge on any atom is -0.466 e. The highest BCUT2D eigenvalue weighted by atomic mass is 35.5. The molecule has 0 saturated carbocycles. The van der Waals surface area contributed by atoms with Gasteiger partial charge in [-0.15, -0.1) is 0 Å². The van der Waals surface area contributed by atoms with E-state index in [2.05, 4.69) is 0 Å². The van der Waals surface area contributed by atoms with Crippen LogP contribution < -0.4 is 5.73 Å². The molecule has 5 heteroatoms. The summed E-state index contributed by atoms with van der Waals surface area (Å²) < 4.78 is 4.91. The van der Waals surface area contributed by atoms with Crippen molar-refractivity contribution in [3.05, 3.63) is 58.1 Å². The van der Waals surface area contributed by atoms with Gasteiger partial charge in [-0.3, -0.25) is 4.79 Å². The van der Waals surface area contributed by atoms with Gasteiger partial charge in [0.2, 0.25) is 0 Å². The molecule has 2 aromatic rings. The van der Waals surface area contributed by atoms with Gasteiger partial charge in [-0.2, -0.15) is 0 Å². The fourth-order valence-electron chi connectivity index (χ4n) is 2.35. The van der Waals surface area contributed by atoms with Crippen LogP contribution in [0, 0.1) is 0 Å². The number of esters is 1. The molecule has 0 radical (unpaired) electrons. The molecule has 3 nitrogen and oxygen atoms in total. The van der Waals surface area contributed by atoms with E-state index in [1.165, 1.54) is 0 Å². The summed E-state index contributed by atoms with van der Waals surface area (Å²) in [7, 11) is 0. The van der Waals surface area contributed by atoms with E-state index in [1.54, 1.807) is 19.1 Å². The molecule has 0 saturated heterocycles.